The highest BCUT2D eigenvalue weighted by atomic mass is 16.3. The lowest BCUT2D eigenvalue weighted by atomic mass is 10.1. The Morgan fingerprint density at radius 1 is 1.06 bits per heavy atom. The molecule has 0 radical (unpaired) electrons. The minimum atomic E-state index is 0.342. The third-order valence-corrected chi connectivity index (χ3v) is 3.13. The molecule has 0 unspecified atom stereocenters. The minimum absolute atomic E-state index is 0.342. The van der Waals surface area contributed by atoms with E-state index in [-0.39, 0.29) is 0 Å². The van der Waals surface area contributed by atoms with Gasteiger partial charge >= 0.3 is 0 Å². The normalized spacial score (nSPS) is 13.4. The number of phenolic OH excluding ortho intramolecular Hbond substituents is 1. The van der Waals surface area contributed by atoms with Gasteiger partial charge in [0.15, 0.2) is 0 Å². The number of aromatic hydroxyl groups is 1. The van der Waals surface area contributed by atoms with Crippen LogP contribution in [0, 0.1) is 0 Å². The summed E-state index contributed by atoms with van der Waals surface area (Å²) in [6.07, 6.45) is 0. The molecule has 0 saturated carbocycles. The molecule has 0 saturated heterocycles. The van der Waals surface area contributed by atoms with E-state index >= 15 is 0 Å². The van der Waals surface area contributed by atoms with Crippen LogP contribution in [0.25, 0.3) is 0 Å². The van der Waals surface area contributed by atoms with Gasteiger partial charge in [-0.25, -0.2) is 0 Å². The quantitative estimate of drug-likeness (QED) is 0.724. The number of phenols is 1. The summed E-state index contributed by atoms with van der Waals surface area (Å²) in [6.45, 7) is 0.700. The fourth-order valence-corrected chi connectivity index (χ4v) is 2.24. The molecule has 17 heavy (non-hydrogen) atoms. The van der Waals surface area contributed by atoms with E-state index in [9.17, 15) is 5.11 Å². The number of nitrogens with zero attached hydrogens (tertiary/aromatic N) is 1. The van der Waals surface area contributed by atoms with Gasteiger partial charge in [0.05, 0.1) is 11.4 Å². The summed E-state index contributed by atoms with van der Waals surface area (Å²) in [5, 5.41) is 13.3. The Bertz CT molecular complexity index is 566. The predicted octanol–water partition coefficient (Wildman–Crippen LogP) is 3.09. The molecule has 0 spiro atoms. The highest BCUT2D eigenvalue weighted by Crippen LogP contribution is 2.37. The lowest BCUT2D eigenvalue weighted by molar-refractivity contribution is 0.468. The second-order valence-corrected chi connectivity index (χ2v) is 4.30. The van der Waals surface area contributed by atoms with Crippen molar-refractivity contribution in [1.82, 2.24) is 0 Å². The van der Waals surface area contributed by atoms with Crippen LogP contribution in [0.5, 0.6) is 5.75 Å². The summed E-state index contributed by atoms with van der Waals surface area (Å²) in [5.74, 6) is 0.342. The summed E-state index contributed by atoms with van der Waals surface area (Å²) in [7, 11) is 2.03. The summed E-state index contributed by atoms with van der Waals surface area (Å²) in [6, 6.07) is 13.7. The van der Waals surface area contributed by atoms with Crippen LogP contribution in [0.15, 0.2) is 42.5 Å². The number of fused-ring (bicyclic) bond motifs is 2. The van der Waals surface area contributed by atoms with Gasteiger partial charge in [-0.3, -0.25) is 0 Å². The van der Waals surface area contributed by atoms with Gasteiger partial charge in [-0.15, -0.1) is 0 Å². The number of hydrogen-bond donors (Lipinski definition) is 2. The maximum Gasteiger partial charge on any atom is 0.122 e. The molecule has 3 heteroatoms. The van der Waals surface area contributed by atoms with Crippen molar-refractivity contribution in [2.24, 2.45) is 0 Å². The van der Waals surface area contributed by atoms with Crippen molar-refractivity contribution in [3.8, 4) is 5.75 Å². The average molecular weight is 226 g/mol. The summed E-state index contributed by atoms with van der Waals surface area (Å²) in [5.41, 5.74) is 4.12. The Morgan fingerprint density at radius 3 is 2.71 bits per heavy atom. The number of anilines is 3. The van der Waals surface area contributed by atoms with Crippen LogP contribution < -0.4 is 10.2 Å². The standard InChI is InChI=1S/C14H14N2O/c1-16-9-10-11(6-4-8-14(10)17)15-12-5-2-3-7-13(12)16/h2-8,15,17H,9H2,1H3. The van der Waals surface area contributed by atoms with Gasteiger partial charge in [0.1, 0.15) is 5.75 Å². The zero-order chi connectivity index (χ0) is 11.8. The van der Waals surface area contributed by atoms with Crippen LogP contribution in [-0.2, 0) is 6.54 Å². The first-order valence-corrected chi connectivity index (χ1v) is 5.64. The lowest BCUT2D eigenvalue weighted by Crippen LogP contribution is -2.15. The van der Waals surface area contributed by atoms with Gasteiger partial charge in [-0.1, -0.05) is 18.2 Å². The number of rotatable bonds is 0. The van der Waals surface area contributed by atoms with Crippen LogP contribution in [0.3, 0.4) is 0 Å². The molecule has 2 N–H and O–H groups in total. The second-order valence-electron chi connectivity index (χ2n) is 4.30. The van der Waals surface area contributed by atoms with Gasteiger partial charge in [-0.05, 0) is 24.3 Å². The molecule has 1 heterocycles. The first-order valence-electron chi connectivity index (χ1n) is 5.64. The zero-order valence-electron chi connectivity index (χ0n) is 9.64. The predicted molar refractivity (Wildman–Crippen MR) is 69.9 cm³/mol. The lowest BCUT2D eigenvalue weighted by Gasteiger charge is -2.18. The highest BCUT2D eigenvalue weighted by Gasteiger charge is 2.17. The molecular formula is C14H14N2O. The molecule has 0 bridgehead atoms. The Kier molecular flexibility index (Phi) is 2.18. The van der Waals surface area contributed by atoms with Crippen molar-refractivity contribution < 1.29 is 5.11 Å². The molecule has 0 fully saturated rings. The molecule has 0 aromatic heterocycles. The largest absolute Gasteiger partial charge is 0.508 e. The molecule has 2 aromatic rings. The molecule has 1 aliphatic heterocycles. The Balaban J connectivity index is 2.17. The van der Waals surface area contributed by atoms with Crippen LogP contribution in [-0.4, -0.2) is 12.2 Å². The van der Waals surface area contributed by atoms with E-state index in [0.717, 1.165) is 22.6 Å². The SMILES string of the molecule is CN1Cc2c(O)cccc2Nc2ccccc21. The third kappa shape index (κ3) is 1.60. The van der Waals surface area contributed by atoms with Gasteiger partial charge in [-0.2, -0.15) is 0 Å². The molecular weight excluding hydrogens is 212 g/mol. The van der Waals surface area contributed by atoms with Crippen molar-refractivity contribution in [3.05, 3.63) is 48.0 Å². The molecule has 0 aliphatic carbocycles. The van der Waals surface area contributed by atoms with Crippen LogP contribution in [0.1, 0.15) is 5.56 Å². The zero-order valence-corrected chi connectivity index (χ0v) is 9.64. The van der Waals surface area contributed by atoms with Crippen molar-refractivity contribution in [2.45, 2.75) is 6.54 Å². The van der Waals surface area contributed by atoms with Crippen LogP contribution >= 0.6 is 0 Å². The summed E-state index contributed by atoms with van der Waals surface area (Å²) < 4.78 is 0. The van der Waals surface area contributed by atoms with E-state index in [1.165, 1.54) is 0 Å². The Hall–Kier alpha value is -2.16. The van der Waals surface area contributed by atoms with E-state index in [1.807, 2.05) is 37.4 Å². The number of para-hydroxylation sites is 2. The number of benzene rings is 2. The maximum absolute atomic E-state index is 9.91. The smallest absolute Gasteiger partial charge is 0.122 e. The molecule has 0 amide bonds. The van der Waals surface area contributed by atoms with Crippen molar-refractivity contribution in [2.75, 3.05) is 17.3 Å². The molecule has 3 nitrogen and oxygen atoms in total. The maximum atomic E-state index is 9.91. The molecule has 0 atom stereocenters. The monoisotopic (exact) mass is 226 g/mol. The Labute approximate surface area is 100 Å². The van der Waals surface area contributed by atoms with E-state index in [0.29, 0.717) is 12.3 Å². The van der Waals surface area contributed by atoms with Gasteiger partial charge in [0.2, 0.25) is 0 Å². The van der Waals surface area contributed by atoms with Gasteiger partial charge < -0.3 is 15.3 Å². The number of hydrogen-bond acceptors (Lipinski definition) is 3. The fraction of sp³-hybridized carbons (Fsp3) is 0.143. The van der Waals surface area contributed by atoms with Crippen LogP contribution in [0.4, 0.5) is 17.1 Å². The number of nitrogens with one attached hydrogen (secondary N) is 1. The highest BCUT2D eigenvalue weighted by molar-refractivity contribution is 5.79. The average Bonchev–Trinajstić information content (AvgIpc) is 2.47. The van der Waals surface area contributed by atoms with Crippen molar-refractivity contribution >= 4 is 17.1 Å². The molecule has 3 rings (SSSR count). The molecule has 2 aromatic carbocycles. The van der Waals surface area contributed by atoms with Crippen molar-refractivity contribution in [3.63, 3.8) is 0 Å². The first kappa shape index (κ1) is 10.0. The second kappa shape index (κ2) is 3.70. The van der Waals surface area contributed by atoms with E-state index < -0.39 is 0 Å². The van der Waals surface area contributed by atoms with Crippen LogP contribution in [0.2, 0.25) is 0 Å². The molecule has 86 valence electrons. The Morgan fingerprint density at radius 2 is 1.82 bits per heavy atom. The van der Waals surface area contributed by atoms with Crippen molar-refractivity contribution in [1.29, 1.82) is 0 Å². The van der Waals surface area contributed by atoms with E-state index in [2.05, 4.69) is 16.3 Å². The summed E-state index contributed by atoms with van der Waals surface area (Å²) >= 11 is 0. The topological polar surface area (TPSA) is 35.5 Å². The third-order valence-electron chi connectivity index (χ3n) is 3.13. The fourth-order valence-electron chi connectivity index (χ4n) is 2.24. The van der Waals surface area contributed by atoms with Gasteiger partial charge in [0.25, 0.3) is 0 Å². The van der Waals surface area contributed by atoms with E-state index in [4.69, 9.17) is 0 Å². The minimum Gasteiger partial charge on any atom is -0.508 e. The molecule has 1 aliphatic rings. The summed E-state index contributed by atoms with van der Waals surface area (Å²) in [4.78, 5) is 2.13. The van der Waals surface area contributed by atoms with E-state index in [1.54, 1.807) is 6.07 Å². The van der Waals surface area contributed by atoms with Gasteiger partial charge in [0, 0.05) is 24.8 Å². The first-order chi connectivity index (χ1) is 8.25.